The van der Waals surface area contributed by atoms with Crippen LogP contribution in [0.3, 0.4) is 0 Å². The second kappa shape index (κ2) is 14.7. The van der Waals surface area contributed by atoms with Crippen molar-refractivity contribution in [2.24, 2.45) is 0 Å². The van der Waals surface area contributed by atoms with Gasteiger partial charge in [-0.2, -0.15) is 8.42 Å². The van der Waals surface area contributed by atoms with E-state index in [2.05, 4.69) is 4.74 Å². The Hall–Kier alpha value is -2.31. The van der Waals surface area contributed by atoms with Crippen LogP contribution < -0.4 is 0 Å². The molecule has 1 atom stereocenters. The van der Waals surface area contributed by atoms with Gasteiger partial charge in [-0.1, -0.05) is 29.8 Å². The molecule has 1 aliphatic rings. The molecule has 0 unspecified atom stereocenters. The molecule has 0 saturated carbocycles. The van der Waals surface area contributed by atoms with Crippen LogP contribution in [0.15, 0.2) is 41.3 Å². The minimum absolute atomic E-state index is 0. The summed E-state index contributed by atoms with van der Waals surface area (Å²) in [5.74, 6) is -0.342. The average molecular weight is 462 g/mol. The number of likely N-dealkylation sites (tertiary alicyclic amines) is 1. The number of ether oxygens (including phenoxy) is 2. The molecule has 0 aromatic heterocycles. The van der Waals surface area contributed by atoms with Crippen molar-refractivity contribution in [2.45, 2.75) is 37.1 Å². The van der Waals surface area contributed by atoms with Crippen molar-refractivity contribution in [3.8, 4) is 0 Å². The van der Waals surface area contributed by atoms with Gasteiger partial charge < -0.3 is 25.0 Å². The fraction of sp³-hybridized carbons (Fsp3) is 0.500. The number of nitrogens with zero attached hydrogens (tertiary/aromatic N) is 1. The van der Waals surface area contributed by atoms with Gasteiger partial charge in [-0.25, -0.2) is 4.79 Å². The Balaban J connectivity index is 0.000000640. The zero-order valence-corrected chi connectivity index (χ0v) is 18.5. The van der Waals surface area contributed by atoms with E-state index in [0.29, 0.717) is 19.6 Å². The normalized spacial score (nSPS) is 16.3. The number of esters is 1. The van der Waals surface area contributed by atoms with E-state index in [9.17, 15) is 23.1 Å². The first kappa shape index (κ1) is 28.7. The van der Waals surface area contributed by atoms with Crippen LogP contribution >= 0.6 is 0 Å². The topological polar surface area (TPSA) is 162 Å². The van der Waals surface area contributed by atoms with Crippen LogP contribution in [0.5, 0.6) is 0 Å². The molecule has 31 heavy (non-hydrogen) atoms. The van der Waals surface area contributed by atoms with Crippen LogP contribution in [0.1, 0.15) is 24.8 Å². The Kier molecular flexibility index (Phi) is 13.6. The summed E-state index contributed by atoms with van der Waals surface area (Å²) in [7, 11) is -2.72. The van der Waals surface area contributed by atoms with Crippen molar-refractivity contribution in [2.75, 3.05) is 33.5 Å². The zero-order chi connectivity index (χ0) is 22.6. The number of aliphatic hydroxyl groups excluding tert-OH is 1. The van der Waals surface area contributed by atoms with Crippen molar-refractivity contribution in [1.29, 1.82) is 0 Å². The fourth-order valence-electron chi connectivity index (χ4n) is 2.67. The van der Waals surface area contributed by atoms with E-state index in [-0.39, 0.29) is 35.5 Å². The fourth-order valence-corrected chi connectivity index (χ4v) is 3.15. The minimum Gasteiger partial charge on any atom is -0.467 e. The van der Waals surface area contributed by atoms with Gasteiger partial charge in [-0.3, -0.25) is 9.35 Å². The summed E-state index contributed by atoms with van der Waals surface area (Å²) in [6, 6.07) is 5.91. The molecule has 0 radical (unpaired) electrons. The first-order valence-corrected chi connectivity index (χ1v) is 10.9. The molecule has 2 rings (SSSR count). The van der Waals surface area contributed by atoms with Crippen molar-refractivity contribution < 1.29 is 42.6 Å². The second-order valence-corrected chi connectivity index (χ2v) is 8.05. The molecule has 11 heteroatoms. The van der Waals surface area contributed by atoms with Gasteiger partial charge in [-0.05, 0) is 31.9 Å². The molecular weight excluding hydrogens is 430 g/mol. The SMILES string of the molecule is COC(=O)COC/C=C\CN1C(=O)CCC[C@@H]1CO.Cc1ccc(S(=O)(=O)O)cc1.O. The number of amides is 1. The Morgan fingerprint density at radius 2 is 1.90 bits per heavy atom. The number of piperidine rings is 1. The molecule has 1 heterocycles. The lowest BCUT2D eigenvalue weighted by Gasteiger charge is -2.33. The van der Waals surface area contributed by atoms with Crippen LogP contribution in [-0.2, 0) is 29.2 Å². The van der Waals surface area contributed by atoms with E-state index in [1.807, 2.05) is 13.0 Å². The number of aryl methyl sites for hydroxylation is 1. The number of hydrogen-bond acceptors (Lipinski definition) is 7. The summed E-state index contributed by atoms with van der Waals surface area (Å²) >= 11 is 0. The lowest BCUT2D eigenvalue weighted by molar-refractivity contribution is -0.145. The predicted molar refractivity (Wildman–Crippen MR) is 113 cm³/mol. The van der Waals surface area contributed by atoms with Crippen molar-refractivity contribution >= 4 is 22.0 Å². The Morgan fingerprint density at radius 3 is 2.45 bits per heavy atom. The van der Waals surface area contributed by atoms with Crippen molar-refractivity contribution in [3.63, 3.8) is 0 Å². The van der Waals surface area contributed by atoms with Crippen LogP contribution in [0.4, 0.5) is 0 Å². The van der Waals surface area contributed by atoms with Crippen molar-refractivity contribution in [1.82, 2.24) is 4.90 Å². The Morgan fingerprint density at radius 1 is 1.26 bits per heavy atom. The summed E-state index contributed by atoms with van der Waals surface area (Å²) in [4.78, 5) is 24.1. The average Bonchev–Trinajstić information content (AvgIpc) is 2.71. The lowest BCUT2D eigenvalue weighted by Crippen LogP contribution is -2.45. The number of benzene rings is 1. The maximum Gasteiger partial charge on any atom is 0.331 e. The van der Waals surface area contributed by atoms with Gasteiger partial charge in [0.1, 0.15) is 6.61 Å². The quantitative estimate of drug-likeness (QED) is 0.245. The number of aliphatic hydroxyl groups is 1. The van der Waals surface area contributed by atoms with Gasteiger partial charge in [0, 0.05) is 13.0 Å². The van der Waals surface area contributed by atoms with Gasteiger partial charge in [-0.15, -0.1) is 0 Å². The maximum absolute atomic E-state index is 11.7. The third kappa shape index (κ3) is 11.0. The highest BCUT2D eigenvalue weighted by Gasteiger charge is 2.26. The molecule has 0 aliphatic carbocycles. The molecule has 1 amide bonds. The lowest BCUT2D eigenvalue weighted by atomic mass is 10.0. The molecule has 10 nitrogen and oxygen atoms in total. The minimum atomic E-state index is -4.02. The van der Waals surface area contributed by atoms with Gasteiger partial charge >= 0.3 is 5.97 Å². The summed E-state index contributed by atoms with van der Waals surface area (Å²) in [5, 5.41) is 9.21. The maximum atomic E-state index is 11.7. The van der Waals surface area contributed by atoms with E-state index in [0.717, 1.165) is 18.4 Å². The van der Waals surface area contributed by atoms with Crippen LogP contribution in [-0.4, -0.2) is 79.8 Å². The monoisotopic (exact) mass is 461 g/mol. The number of carbonyl (C=O) groups is 2. The standard InChI is InChI=1S/C13H21NO5.C7H8O3S.H2O/c1-18-13(17)10-19-8-3-2-7-14-11(9-15)5-4-6-12(14)16;1-6-2-4-7(5-3-6)11(8,9)10;/h2-3,11,15H,4-10H2,1H3;2-5H,1H3,(H,8,9,10);1H2/b3-2-;;/t11-;;/m1../s1. The van der Waals surface area contributed by atoms with Gasteiger partial charge in [0.2, 0.25) is 5.91 Å². The molecule has 0 spiro atoms. The summed E-state index contributed by atoms with van der Waals surface area (Å²) in [5.41, 5.74) is 0.956. The highest BCUT2D eigenvalue weighted by molar-refractivity contribution is 7.85. The molecular formula is C20H31NO9S. The second-order valence-electron chi connectivity index (χ2n) is 6.63. The van der Waals surface area contributed by atoms with E-state index in [4.69, 9.17) is 9.29 Å². The summed E-state index contributed by atoms with van der Waals surface area (Å²) in [6.45, 7) is 2.52. The third-order valence-corrected chi connectivity index (χ3v) is 5.22. The van der Waals surface area contributed by atoms with Crippen molar-refractivity contribution in [3.05, 3.63) is 42.0 Å². The Labute approximate surface area is 182 Å². The highest BCUT2D eigenvalue weighted by Crippen LogP contribution is 2.17. The van der Waals surface area contributed by atoms with Gasteiger partial charge in [0.25, 0.3) is 10.1 Å². The predicted octanol–water partition coefficient (Wildman–Crippen LogP) is 0.523. The molecule has 0 bridgehead atoms. The summed E-state index contributed by atoms with van der Waals surface area (Å²) in [6.07, 6.45) is 5.78. The highest BCUT2D eigenvalue weighted by atomic mass is 32.2. The molecule has 1 aromatic rings. The third-order valence-electron chi connectivity index (χ3n) is 4.35. The molecule has 176 valence electrons. The van der Waals surface area contributed by atoms with E-state index >= 15 is 0 Å². The van der Waals surface area contributed by atoms with E-state index in [1.54, 1.807) is 23.1 Å². The first-order chi connectivity index (χ1) is 14.2. The number of methoxy groups -OCH3 is 1. The number of rotatable bonds is 8. The van der Waals surface area contributed by atoms with Crippen LogP contribution in [0.25, 0.3) is 0 Å². The first-order valence-electron chi connectivity index (χ1n) is 9.43. The van der Waals surface area contributed by atoms with Gasteiger partial charge in [0.05, 0.1) is 31.3 Å². The molecule has 1 aromatic carbocycles. The zero-order valence-electron chi connectivity index (χ0n) is 17.7. The largest absolute Gasteiger partial charge is 0.467 e. The van der Waals surface area contributed by atoms with Crippen LogP contribution in [0, 0.1) is 6.92 Å². The molecule has 4 N–H and O–H groups in total. The number of carbonyl (C=O) groups excluding carboxylic acids is 2. The number of hydrogen-bond donors (Lipinski definition) is 2. The molecule has 1 aliphatic heterocycles. The molecule has 1 saturated heterocycles. The summed E-state index contributed by atoms with van der Waals surface area (Å²) < 4.78 is 39.0. The molecule has 1 fully saturated rings. The Bertz CT molecular complexity index is 806. The smallest absolute Gasteiger partial charge is 0.331 e. The van der Waals surface area contributed by atoms with E-state index < -0.39 is 16.1 Å². The van der Waals surface area contributed by atoms with Crippen LogP contribution in [0.2, 0.25) is 0 Å². The van der Waals surface area contributed by atoms with Gasteiger partial charge in [0.15, 0.2) is 0 Å². The van der Waals surface area contributed by atoms with E-state index in [1.165, 1.54) is 19.2 Å².